The molecule has 0 amide bonds. The van der Waals surface area contributed by atoms with Crippen LogP contribution in [0.3, 0.4) is 0 Å². The molecular formula is C17H28N2O. The van der Waals surface area contributed by atoms with Crippen LogP contribution in [0.1, 0.15) is 36.4 Å². The van der Waals surface area contributed by atoms with Gasteiger partial charge in [0.15, 0.2) is 0 Å². The topological polar surface area (TPSA) is 35.5 Å². The second kappa shape index (κ2) is 7.77. The highest BCUT2D eigenvalue weighted by Gasteiger charge is 2.20. The third-order valence-corrected chi connectivity index (χ3v) is 4.51. The standard InChI is InChI=1S/C17H28N2O/c1-14-6-3-4-8-16(14)17(18-2)9-11-19-10-5-7-15(12-19)13-20/h3-4,6,8,15,17-18,20H,5,7,9-13H2,1-2H3. The van der Waals surface area contributed by atoms with Gasteiger partial charge in [0.05, 0.1) is 0 Å². The first kappa shape index (κ1) is 15.5. The maximum absolute atomic E-state index is 9.31. The van der Waals surface area contributed by atoms with E-state index in [4.69, 9.17) is 0 Å². The molecule has 0 radical (unpaired) electrons. The van der Waals surface area contributed by atoms with Crippen molar-refractivity contribution in [1.29, 1.82) is 0 Å². The van der Waals surface area contributed by atoms with Crippen molar-refractivity contribution < 1.29 is 5.11 Å². The van der Waals surface area contributed by atoms with Gasteiger partial charge >= 0.3 is 0 Å². The molecule has 3 nitrogen and oxygen atoms in total. The average molecular weight is 276 g/mol. The lowest BCUT2D eigenvalue weighted by atomic mass is 9.96. The highest BCUT2D eigenvalue weighted by atomic mass is 16.3. The zero-order valence-electron chi connectivity index (χ0n) is 12.8. The number of piperidine rings is 1. The van der Waals surface area contributed by atoms with Crippen LogP contribution in [0.2, 0.25) is 0 Å². The second-order valence-electron chi connectivity index (χ2n) is 5.98. The van der Waals surface area contributed by atoms with Crippen LogP contribution >= 0.6 is 0 Å². The first-order valence-electron chi connectivity index (χ1n) is 7.80. The Balaban J connectivity index is 1.89. The van der Waals surface area contributed by atoms with Gasteiger partial charge in [-0.25, -0.2) is 0 Å². The van der Waals surface area contributed by atoms with E-state index < -0.39 is 0 Å². The number of aryl methyl sites for hydroxylation is 1. The molecule has 2 atom stereocenters. The van der Waals surface area contributed by atoms with Crippen molar-refractivity contribution in [2.24, 2.45) is 5.92 Å². The summed E-state index contributed by atoms with van der Waals surface area (Å²) in [6.07, 6.45) is 3.53. The fraction of sp³-hybridized carbons (Fsp3) is 0.647. The lowest BCUT2D eigenvalue weighted by Gasteiger charge is -2.33. The lowest BCUT2D eigenvalue weighted by molar-refractivity contribution is 0.117. The van der Waals surface area contributed by atoms with Gasteiger partial charge in [-0.05, 0) is 63.4 Å². The van der Waals surface area contributed by atoms with E-state index in [9.17, 15) is 5.11 Å². The van der Waals surface area contributed by atoms with Crippen LogP contribution in [0.5, 0.6) is 0 Å². The quantitative estimate of drug-likeness (QED) is 0.837. The zero-order chi connectivity index (χ0) is 14.4. The van der Waals surface area contributed by atoms with Crippen LogP contribution in [-0.2, 0) is 0 Å². The third kappa shape index (κ3) is 4.05. The van der Waals surface area contributed by atoms with E-state index in [0.717, 1.165) is 19.5 Å². The first-order valence-corrected chi connectivity index (χ1v) is 7.80. The van der Waals surface area contributed by atoms with Gasteiger partial charge in [0.25, 0.3) is 0 Å². The molecule has 1 fully saturated rings. The zero-order valence-corrected chi connectivity index (χ0v) is 12.8. The summed E-state index contributed by atoms with van der Waals surface area (Å²) in [4.78, 5) is 2.51. The van der Waals surface area contributed by atoms with E-state index in [1.165, 1.54) is 30.5 Å². The van der Waals surface area contributed by atoms with Crippen molar-refractivity contribution >= 4 is 0 Å². The number of aliphatic hydroxyl groups excluding tert-OH is 1. The highest BCUT2D eigenvalue weighted by Crippen LogP contribution is 2.22. The molecular weight excluding hydrogens is 248 g/mol. The van der Waals surface area contributed by atoms with Crippen LogP contribution in [0.4, 0.5) is 0 Å². The number of nitrogens with zero attached hydrogens (tertiary/aromatic N) is 1. The minimum absolute atomic E-state index is 0.337. The predicted octanol–water partition coefficient (Wildman–Crippen LogP) is 2.35. The third-order valence-electron chi connectivity index (χ3n) is 4.51. The summed E-state index contributed by atoms with van der Waals surface area (Å²) in [5, 5.41) is 12.8. The van der Waals surface area contributed by atoms with Crippen LogP contribution in [-0.4, -0.2) is 43.3 Å². The van der Waals surface area contributed by atoms with Crippen LogP contribution in [0.15, 0.2) is 24.3 Å². The molecule has 1 aliphatic rings. The van der Waals surface area contributed by atoms with Crippen LogP contribution < -0.4 is 5.32 Å². The lowest BCUT2D eigenvalue weighted by Crippen LogP contribution is -2.38. The van der Waals surface area contributed by atoms with Crippen LogP contribution in [0, 0.1) is 12.8 Å². The van der Waals surface area contributed by atoms with Crippen molar-refractivity contribution in [3.8, 4) is 0 Å². The summed E-state index contributed by atoms with van der Waals surface area (Å²) in [6, 6.07) is 9.05. The molecule has 20 heavy (non-hydrogen) atoms. The Morgan fingerprint density at radius 1 is 1.40 bits per heavy atom. The van der Waals surface area contributed by atoms with Crippen molar-refractivity contribution in [2.75, 3.05) is 33.3 Å². The molecule has 0 spiro atoms. The van der Waals surface area contributed by atoms with E-state index in [1.54, 1.807) is 0 Å². The minimum atomic E-state index is 0.337. The molecule has 112 valence electrons. The monoisotopic (exact) mass is 276 g/mol. The van der Waals surface area contributed by atoms with E-state index in [2.05, 4.69) is 41.4 Å². The number of rotatable bonds is 6. The summed E-state index contributed by atoms with van der Waals surface area (Å²) in [5.41, 5.74) is 2.77. The van der Waals surface area contributed by atoms with Gasteiger partial charge in [-0.3, -0.25) is 0 Å². The summed E-state index contributed by atoms with van der Waals surface area (Å²) in [5.74, 6) is 0.482. The number of likely N-dealkylation sites (tertiary alicyclic amines) is 1. The summed E-state index contributed by atoms with van der Waals surface area (Å²) < 4.78 is 0. The Labute approximate surface area is 123 Å². The summed E-state index contributed by atoms with van der Waals surface area (Å²) in [7, 11) is 2.05. The Morgan fingerprint density at radius 3 is 2.90 bits per heavy atom. The first-order chi connectivity index (χ1) is 9.74. The number of nitrogens with one attached hydrogen (secondary N) is 1. The van der Waals surface area contributed by atoms with Crippen molar-refractivity contribution in [3.05, 3.63) is 35.4 Å². The maximum atomic E-state index is 9.31. The van der Waals surface area contributed by atoms with Gasteiger partial charge in [-0.15, -0.1) is 0 Å². The van der Waals surface area contributed by atoms with E-state index >= 15 is 0 Å². The number of hydrogen-bond donors (Lipinski definition) is 2. The predicted molar refractivity (Wildman–Crippen MR) is 83.8 cm³/mol. The van der Waals surface area contributed by atoms with Crippen molar-refractivity contribution in [1.82, 2.24) is 10.2 Å². The number of benzene rings is 1. The molecule has 1 saturated heterocycles. The molecule has 2 rings (SSSR count). The molecule has 2 unspecified atom stereocenters. The molecule has 0 aliphatic carbocycles. The largest absolute Gasteiger partial charge is 0.396 e. The highest BCUT2D eigenvalue weighted by molar-refractivity contribution is 5.28. The molecule has 2 N–H and O–H groups in total. The fourth-order valence-electron chi connectivity index (χ4n) is 3.25. The van der Waals surface area contributed by atoms with Gasteiger partial charge < -0.3 is 15.3 Å². The molecule has 3 heteroatoms. The smallest absolute Gasteiger partial charge is 0.0471 e. The average Bonchev–Trinajstić information content (AvgIpc) is 2.49. The van der Waals surface area contributed by atoms with Gasteiger partial charge in [-0.1, -0.05) is 24.3 Å². The Morgan fingerprint density at radius 2 is 2.20 bits per heavy atom. The SMILES string of the molecule is CNC(CCN1CCCC(CO)C1)c1ccccc1C. The molecule has 0 saturated carbocycles. The molecule has 1 aliphatic heterocycles. The minimum Gasteiger partial charge on any atom is -0.396 e. The second-order valence-corrected chi connectivity index (χ2v) is 5.98. The Hall–Kier alpha value is -0.900. The van der Waals surface area contributed by atoms with Gasteiger partial charge in [-0.2, -0.15) is 0 Å². The Kier molecular flexibility index (Phi) is 6.02. The van der Waals surface area contributed by atoms with Crippen LogP contribution in [0.25, 0.3) is 0 Å². The fourth-order valence-corrected chi connectivity index (χ4v) is 3.25. The summed E-state index contributed by atoms with van der Waals surface area (Å²) in [6.45, 7) is 5.86. The van der Waals surface area contributed by atoms with Crippen molar-refractivity contribution in [2.45, 2.75) is 32.2 Å². The Bertz CT molecular complexity index is 408. The normalized spacial score (nSPS) is 21.9. The van der Waals surface area contributed by atoms with Gasteiger partial charge in [0, 0.05) is 19.2 Å². The molecule has 0 bridgehead atoms. The summed E-state index contributed by atoms with van der Waals surface area (Å²) >= 11 is 0. The molecule has 1 aromatic carbocycles. The number of hydrogen-bond acceptors (Lipinski definition) is 3. The van der Waals surface area contributed by atoms with Gasteiger partial charge in [0.2, 0.25) is 0 Å². The van der Waals surface area contributed by atoms with E-state index in [1.807, 2.05) is 7.05 Å². The van der Waals surface area contributed by atoms with E-state index in [0.29, 0.717) is 18.6 Å². The van der Waals surface area contributed by atoms with E-state index in [-0.39, 0.29) is 0 Å². The molecule has 1 aromatic rings. The molecule has 1 heterocycles. The van der Waals surface area contributed by atoms with Gasteiger partial charge in [0.1, 0.15) is 0 Å². The molecule has 0 aromatic heterocycles. The maximum Gasteiger partial charge on any atom is 0.0471 e. The number of aliphatic hydroxyl groups is 1. The van der Waals surface area contributed by atoms with Crippen molar-refractivity contribution in [3.63, 3.8) is 0 Å².